The fourth-order valence-electron chi connectivity index (χ4n) is 4.91. The maximum atomic E-state index is 14.3. The van der Waals surface area contributed by atoms with Gasteiger partial charge in [0.25, 0.3) is 0 Å². The lowest BCUT2D eigenvalue weighted by Crippen LogP contribution is -2.20. The van der Waals surface area contributed by atoms with E-state index in [2.05, 4.69) is 24.3 Å². The first-order valence-electron chi connectivity index (χ1n) is 9.89. The maximum Gasteiger partial charge on any atom is 0.146 e. The van der Waals surface area contributed by atoms with E-state index in [-0.39, 0.29) is 11.3 Å². The molecule has 3 aromatic rings. The van der Waals surface area contributed by atoms with Crippen molar-refractivity contribution in [3.05, 3.63) is 60.7 Å². The van der Waals surface area contributed by atoms with Gasteiger partial charge in [-0.3, -0.25) is 0 Å². The molecule has 0 spiro atoms. The van der Waals surface area contributed by atoms with Gasteiger partial charge in [-0.25, -0.2) is 0 Å². The van der Waals surface area contributed by atoms with Crippen LogP contribution in [-0.2, 0) is 9.13 Å². The summed E-state index contributed by atoms with van der Waals surface area (Å²) >= 11 is 0. The lowest BCUT2D eigenvalue weighted by Gasteiger charge is -2.21. The summed E-state index contributed by atoms with van der Waals surface area (Å²) in [6.07, 6.45) is 0. The van der Waals surface area contributed by atoms with E-state index in [1.54, 1.807) is 0 Å². The van der Waals surface area contributed by atoms with Crippen LogP contribution in [0.4, 0.5) is 0 Å². The average molecular weight is 406 g/mol. The third-order valence-electron chi connectivity index (χ3n) is 6.39. The van der Waals surface area contributed by atoms with Crippen LogP contribution >= 0.6 is 14.3 Å². The van der Waals surface area contributed by atoms with Crippen molar-refractivity contribution >= 4 is 35.5 Å². The van der Waals surface area contributed by atoms with Gasteiger partial charge >= 0.3 is 0 Å². The quantitative estimate of drug-likeness (QED) is 0.556. The van der Waals surface area contributed by atoms with Crippen molar-refractivity contribution < 1.29 is 9.13 Å². The molecule has 4 heteroatoms. The summed E-state index contributed by atoms with van der Waals surface area (Å²) in [5, 5.41) is 3.79. The minimum absolute atomic E-state index is 0.0292. The van der Waals surface area contributed by atoms with Crippen LogP contribution in [0.5, 0.6) is 0 Å². The minimum Gasteiger partial charge on any atom is -0.313 e. The van der Waals surface area contributed by atoms with E-state index in [1.807, 2.05) is 64.1 Å². The molecule has 5 rings (SSSR count). The van der Waals surface area contributed by atoms with Crippen LogP contribution in [0.3, 0.4) is 0 Å². The first-order chi connectivity index (χ1) is 13.3. The molecule has 0 saturated carbocycles. The summed E-state index contributed by atoms with van der Waals surface area (Å²) in [6, 6.07) is 20.3. The molecule has 2 nitrogen and oxygen atoms in total. The van der Waals surface area contributed by atoms with Crippen LogP contribution in [0, 0.1) is 0 Å². The molecule has 0 bridgehead atoms. The van der Waals surface area contributed by atoms with Crippen LogP contribution in [0.2, 0.25) is 0 Å². The van der Waals surface area contributed by atoms with Crippen molar-refractivity contribution in [2.45, 2.75) is 39.0 Å². The number of fused-ring (bicyclic) bond motifs is 6. The first-order valence-corrected chi connectivity index (χ1v) is 13.4. The Morgan fingerprint density at radius 1 is 0.536 bits per heavy atom. The molecule has 28 heavy (non-hydrogen) atoms. The Balaban J connectivity index is 1.92. The third kappa shape index (κ3) is 2.01. The molecular weight excluding hydrogens is 382 g/mol. The van der Waals surface area contributed by atoms with Crippen LogP contribution in [0.1, 0.15) is 27.7 Å². The van der Waals surface area contributed by atoms with Gasteiger partial charge in [-0.1, -0.05) is 76.2 Å². The van der Waals surface area contributed by atoms with Gasteiger partial charge in [-0.05, 0) is 34.4 Å². The van der Waals surface area contributed by atoms with Crippen LogP contribution in [0.15, 0.2) is 60.7 Å². The highest BCUT2D eigenvalue weighted by Crippen LogP contribution is 2.61. The highest BCUT2D eigenvalue weighted by atomic mass is 31.2. The molecule has 0 aromatic heterocycles. The zero-order chi connectivity index (χ0) is 19.8. The van der Waals surface area contributed by atoms with Crippen molar-refractivity contribution in [3.8, 4) is 22.3 Å². The molecule has 2 aliphatic rings. The fourth-order valence-corrected chi connectivity index (χ4v) is 11.1. The van der Waals surface area contributed by atoms with E-state index in [1.165, 1.54) is 0 Å². The highest BCUT2D eigenvalue weighted by molar-refractivity contribution is 7.81. The molecule has 0 fully saturated rings. The monoisotopic (exact) mass is 406 g/mol. The molecule has 0 amide bonds. The number of rotatable bonds is 2. The third-order valence-corrected chi connectivity index (χ3v) is 13.7. The zero-order valence-corrected chi connectivity index (χ0v) is 18.4. The molecule has 0 radical (unpaired) electrons. The van der Waals surface area contributed by atoms with Gasteiger partial charge in [0, 0.05) is 32.5 Å². The summed E-state index contributed by atoms with van der Waals surface area (Å²) < 4.78 is 28.6. The summed E-state index contributed by atoms with van der Waals surface area (Å²) in [6.45, 7) is 8.19. The second-order valence-corrected chi connectivity index (χ2v) is 15.0. The SMILES string of the molecule is CC(C)P1(=O)c2ccccc2-c2cc3c(cc21)-c1ccccc1P3(=O)C(C)C. The number of benzene rings is 3. The Bertz CT molecular complexity index is 1140. The fraction of sp³-hybridized carbons (Fsp3) is 0.250. The molecule has 142 valence electrons. The van der Waals surface area contributed by atoms with E-state index in [0.29, 0.717) is 0 Å². The molecule has 3 aromatic carbocycles. The van der Waals surface area contributed by atoms with Crippen molar-refractivity contribution in [2.24, 2.45) is 0 Å². The Kier molecular flexibility index (Phi) is 3.77. The number of hydrogen-bond acceptors (Lipinski definition) is 2. The average Bonchev–Trinajstić information content (AvgIpc) is 3.11. The van der Waals surface area contributed by atoms with Gasteiger partial charge in [0.1, 0.15) is 14.3 Å². The minimum atomic E-state index is -2.72. The predicted octanol–water partition coefficient (Wildman–Crippen LogP) is 5.09. The van der Waals surface area contributed by atoms with E-state index in [4.69, 9.17) is 0 Å². The van der Waals surface area contributed by atoms with E-state index in [9.17, 15) is 9.13 Å². The molecule has 0 aliphatic carbocycles. The van der Waals surface area contributed by atoms with Crippen molar-refractivity contribution in [2.75, 3.05) is 0 Å². The van der Waals surface area contributed by atoms with Crippen molar-refractivity contribution in [1.29, 1.82) is 0 Å². The number of hydrogen-bond donors (Lipinski definition) is 0. The Hall–Kier alpha value is -1.88. The smallest absolute Gasteiger partial charge is 0.146 e. The predicted molar refractivity (Wildman–Crippen MR) is 121 cm³/mol. The molecule has 0 saturated heterocycles. The molecule has 0 N–H and O–H groups in total. The standard InChI is InChI=1S/C24H24O2P2/c1-15(2)27(25)21-11-7-5-9-17(21)19-14-24-20(13-23(19)27)18-10-6-8-12-22(18)28(24,26)16(3)4/h5-16H,1-4H3. The van der Waals surface area contributed by atoms with Gasteiger partial charge in [-0.15, -0.1) is 0 Å². The second kappa shape index (κ2) is 5.82. The second-order valence-electron chi connectivity index (χ2n) is 8.42. The Morgan fingerprint density at radius 2 is 0.893 bits per heavy atom. The Labute approximate surface area is 166 Å². The topological polar surface area (TPSA) is 34.1 Å². The van der Waals surface area contributed by atoms with Gasteiger partial charge in [0.05, 0.1) is 0 Å². The Morgan fingerprint density at radius 3 is 1.25 bits per heavy atom. The van der Waals surface area contributed by atoms with Gasteiger partial charge in [0.2, 0.25) is 0 Å². The van der Waals surface area contributed by atoms with E-state index < -0.39 is 14.3 Å². The lowest BCUT2D eigenvalue weighted by atomic mass is 10.0. The van der Waals surface area contributed by atoms with Crippen LogP contribution < -0.4 is 21.2 Å². The van der Waals surface area contributed by atoms with E-state index >= 15 is 0 Å². The summed E-state index contributed by atoms with van der Waals surface area (Å²) in [7, 11) is -5.44. The van der Waals surface area contributed by atoms with Gasteiger partial charge in [-0.2, -0.15) is 0 Å². The maximum absolute atomic E-state index is 14.3. The molecule has 2 heterocycles. The summed E-state index contributed by atoms with van der Waals surface area (Å²) in [4.78, 5) is 0. The molecule has 2 unspecified atom stereocenters. The van der Waals surface area contributed by atoms with Crippen molar-refractivity contribution in [1.82, 2.24) is 0 Å². The lowest BCUT2D eigenvalue weighted by molar-refractivity contribution is 0.581. The largest absolute Gasteiger partial charge is 0.313 e. The molecular formula is C24H24O2P2. The highest BCUT2D eigenvalue weighted by Gasteiger charge is 2.46. The zero-order valence-electron chi connectivity index (χ0n) is 16.6. The summed E-state index contributed by atoms with van der Waals surface area (Å²) in [5.74, 6) is 0. The van der Waals surface area contributed by atoms with Gasteiger partial charge in [0.15, 0.2) is 0 Å². The van der Waals surface area contributed by atoms with E-state index in [0.717, 1.165) is 43.5 Å². The van der Waals surface area contributed by atoms with Crippen LogP contribution in [0.25, 0.3) is 22.3 Å². The molecule has 2 atom stereocenters. The van der Waals surface area contributed by atoms with Crippen molar-refractivity contribution in [3.63, 3.8) is 0 Å². The van der Waals surface area contributed by atoms with Gasteiger partial charge < -0.3 is 9.13 Å². The molecule has 2 aliphatic heterocycles. The normalized spacial score (nSPS) is 24.2. The van der Waals surface area contributed by atoms with Crippen LogP contribution in [-0.4, -0.2) is 11.3 Å². The summed E-state index contributed by atoms with van der Waals surface area (Å²) in [5.41, 5.74) is 4.18. The first kappa shape index (κ1) is 18.2.